The number of carboxylic acid groups (broad SMARTS) is 1. The van der Waals surface area contributed by atoms with Gasteiger partial charge in [-0.25, -0.2) is 9.18 Å². The highest BCUT2D eigenvalue weighted by molar-refractivity contribution is 5.87. The molecule has 0 saturated carbocycles. The van der Waals surface area contributed by atoms with E-state index in [0.717, 1.165) is 32.0 Å². The maximum Gasteiger partial charge on any atom is 0.335 e. The van der Waals surface area contributed by atoms with Crippen molar-refractivity contribution >= 4 is 5.97 Å². The maximum atomic E-state index is 14.1. The molecule has 1 aromatic heterocycles. The van der Waals surface area contributed by atoms with E-state index in [1.807, 2.05) is 6.20 Å². The van der Waals surface area contributed by atoms with Crippen LogP contribution in [-0.4, -0.2) is 43.6 Å². The van der Waals surface area contributed by atoms with Crippen LogP contribution in [0.2, 0.25) is 0 Å². The summed E-state index contributed by atoms with van der Waals surface area (Å²) in [7, 11) is 0. The van der Waals surface area contributed by atoms with Crippen molar-refractivity contribution in [3.05, 3.63) is 47.5 Å². The lowest BCUT2D eigenvalue weighted by molar-refractivity contribution is 0.0696. The van der Waals surface area contributed by atoms with Crippen LogP contribution in [0.15, 0.2) is 30.6 Å². The van der Waals surface area contributed by atoms with Crippen LogP contribution < -0.4 is 0 Å². The van der Waals surface area contributed by atoms with Gasteiger partial charge in [0.25, 0.3) is 0 Å². The molecule has 1 saturated heterocycles. The number of nitrogens with zero attached hydrogens (tertiary/aromatic N) is 4. The molecule has 6 nitrogen and oxygen atoms in total. The Labute approximate surface area is 127 Å². The van der Waals surface area contributed by atoms with Crippen molar-refractivity contribution in [3.8, 4) is 0 Å². The van der Waals surface area contributed by atoms with Gasteiger partial charge in [-0.2, -0.15) is 0 Å². The molecule has 116 valence electrons. The van der Waals surface area contributed by atoms with Gasteiger partial charge in [0.05, 0.1) is 18.3 Å². The van der Waals surface area contributed by atoms with E-state index in [0.29, 0.717) is 18.2 Å². The van der Waals surface area contributed by atoms with Crippen LogP contribution in [-0.2, 0) is 13.1 Å². The third kappa shape index (κ3) is 3.14. The summed E-state index contributed by atoms with van der Waals surface area (Å²) < 4.78 is 15.8. The molecule has 1 atom stereocenters. The Balaban J connectivity index is 1.70. The van der Waals surface area contributed by atoms with Crippen LogP contribution >= 0.6 is 0 Å². The lowest BCUT2D eigenvalue weighted by atomic mass is 10.1. The maximum absolute atomic E-state index is 14.1. The van der Waals surface area contributed by atoms with Gasteiger partial charge in [0, 0.05) is 24.3 Å². The van der Waals surface area contributed by atoms with E-state index in [-0.39, 0.29) is 5.56 Å². The number of hydrogen-bond donors (Lipinski definition) is 1. The molecule has 0 bridgehead atoms. The van der Waals surface area contributed by atoms with Crippen molar-refractivity contribution < 1.29 is 14.3 Å². The Bertz CT molecular complexity index is 660. The molecule has 2 aromatic rings. The van der Waals surface area contributed by atoms with Gasteiger partial charge in [0.15, 0.2) is 0 Å². The molecule has 1 fully saturated rings. The Morgan fingerprint density at radius 3 is 3.00 bits per heavy atom. The van der Waals surface area contributed by atoms with E-state index in [4.69, 9.17) is 5.11 Å². The zero-order chi connectivity index (χ0) is 15.5. The first-order chi connectivity index (χ1) is 10.6. The molecule has 0 aliphatic carbocycles. The molecule has 0 spiro atoms. The van der Waals surface area contributed by atoms with Gasteiger partial charge < -0.3 is 5.11 Å². The third-order valence-corrected chi connectivity index (χ3v) is 4.04. The van der Waals surface area contributed by atoms with E-state index in [2.05, 4.69) is 15.2 Å². The summed E-state index contributed by atoms with van der Waals surface area (Å²) in [6, 6.07) is 4.38. The SMILES string of the molecule is O=C(O)c1ccc(CN2CCC[C@H]2Cn2ccnn2)c(F)c1. The predicted octanol–water partition coefficient (Wildman–Crippen LogP) is 1.78. The summed E-state index contributed by atoms with van der Waals surface area (Å²) in [6.45, 7) is 2.11. The molecular formula is C15H17FN4O2. The van der Waals surface area contributed by atoms with E-state index < -0.39 is 11.8 Å². The highest BCUT2D eigenvalue weighted by Gasteiger charge is 2.26. The average Bonchev–Trinajstić information content (AvgIpc) is 3.14. The molecule has 3 rings (SSSR count). The highest BCUT2D eigenvalue weighted by atomic mass is 19.1. The molecule has 1 aliphatic heterocycles. The monoisotopic (exact) mass is 304 g/mol. The Hall–Kier alpha value is -2.28. The van der Waals surface area contributed by atoms with Crippen LogP contribution in [0.3, 0.4) is 0 Å². The van der Waals surface area contributed by atoms with Gasteiger partial charge in [-0.15, -0.1) is 5.10 Å². The van der Waals surface area contributed by atoms with Gasteiger partial charge in [0.2, 0.25) is 0 Å². The predicted molar refractivity (Wildman–Crippen MR) is 76.8 cm³/mol. The highest BCUT2D eigenvalue weighted by Crippen LogP contribution is 2.22. The molecule has 0 amide bonds. The molecule has 1 aromatic carbocycles. The number of carboxylic acids is 1. The second-order valence-corrected chi connectivity index (χ2v) is 5.50. The normalized spacial score (nSPS) is 18.7. The van der Waals surface area contributed by atoms with Crippen LogP contribution in [0.4, 0.5) is 4.39 Å². The van der Waals surface area contributed by atoms with Crippen molar-refractivity contribution in [1.82, 2.24) is 19.9 Å². The molecule has 2 heterocycles. The number of carbonyl (C=O) groups is 1. The van der Waals surface area contributed by atoms with Crippen LogP contribution in [0.5, 0.6) is 0 Å². The van der Waals surface area contributed by atoms with E-state index in [9.17, 15) is 9.18 Å². The summed E-state index contributed by atoms with van der Waals surface area (Å²) in [5.41, 5.74) is 0.498. The second-order valence-electron chi connectivity index (χ2n) is 5.50. The molecule has 0 radical (unpaired) electrons. The summed E-state index contributed by atoms with van der Waals surface area (Å²) in [6.07, 6.45) is 5.56. The van der Waals surface area contributed by atoms with Gasteiger partial charge in [-0.1, -0.05) is 11.3 Å². The lowest BCUT2D eigenvalue weighted by Crippen LogP contribution is -2.33. The minimum Gasteiger partial charge on any atom is -0.478 e. The minimum absolute atomic E-state index is 0.0261. The second kappa shape index (κ2) is 6.23. The van der Waals surface area contributed by atoms with E-state index >= 15 is 0 Å². The number of likely N-dealkylation sites (tertiary alicyclic amines) is 1. The fourth-order valence-electron chi connectivity index (χ4n) is 2.88. The van der Waals surface area contributed by atoms with Crippen molar-refractivity contribution in [2.24, 2.45) is 0 Å². The number of aromatic carboxylic acids is 1. The summed E-state index contributed by atoms with van der Waals surface area (Å²) in [5, 5.41) is 16.6. The topological polar surface area (TPSA) is 71.2 Å². The smallest absolute Gasteiger partial charge is 0.335 e. The van der Waals surface area contributed by atoms with Gasteiger partial charge >= 0.3 is 5.97 Å². The Morgan fingerprint density at radius 2 is 2.32 bits per heavy atom. The zero-order valence-electron chi connectivity index (χ0n) is 12.0. The van der Waals surface area contributed by atoms with Crippen LogP contribution in [0.1, 0.15) is 28.8 Å². The average molecular weight is 304 g/mol. The Morgan fingerprint density at radius 1 is 1.45 bits per heavy atom. The third-order valence-electron chi connectivity index (χ3n) is 4.04. The standard InChI is InChI=1S/C15H17FN4O2/c16-14-8-11(15(21)22)3-4-12(14)9-19-6-1-2-13(19)10-20-7-5-17-18-20/h3-5,7-8,13H,1-2,6,9-10H2,(H,21,22)/t13-/m0/s1. The lowest BCUT2D eigenvalue weighted by Gasteiger charge is -2.24. The first-order valence-corrected chi connectivity index (χ1v) is 7.23. The number of rotatable bonds is 5. The first-order valence-electron chi connectivity index (χ1n) is 7.23. The summed E-state index contributed by atoms with van der Waals surface area (Å²) in [5.74, 6) is -1.58. The van der Waals surface area contributed by atoms with E-state index in [1.165, 1.54) is 6.07 Å². The van der Waals surface area contributed by atoms with E-state index in [1.54, 1.807) is 16.9 Å². The minimum atomic E-state index is -1.12. The molecule has 22 heavy (non-hydrogen) atoms. The van der Waals surface area contributed by atoms with Gasteiger partial charge in [0.1, 0.15) is 5.82 Å². The largest absolute Gasteiger partial charge is 0.478 e. The molecule has 7 heteroatoms. The fraction of sp³-hybridized carbons (Fsp3) is 0.400. The van der Waals surface area contributed by atoms with Crippen LogP contribution in [0, 0.1) is 5.82 Å². The number of aromatic nitrogens is 3. The van der Waals surface area contributed by atoms with Gasteiger partial charge in [-0.05, 0) is 31.5 Å². The molecule has 0 unspecified atom stereocenters. The van der Waals surface area contributed by atoms with Crippen molar-refractivity contribution in [2.45, 2.75) is 32.0 Å². The fourth-order valence-corrected chi connectivity index (χ4v) is 2.88. The number of hydrogen-bond acceptors (Lipinski definition) is 4. The molecular weight excluding hydrogens is 287 g/mol. The van der Waals surface area contributed by atoms with Crippen LogP contribution in [0.25, 0.3) is 0 Å². The Kier molecular flexibility index (Phi) is 4.15. The zero-order valence-corrected chi connectivity index (χ0v) is 12.0. The van der Waals surface area contributed by atoms with Crippen molar-refractivity contribution in [1.29, 1.82) is 0 Å². The molecule has 1 aliphatic rings. The number of benzene rings is 1. The number of halogens is 1. The van der Waals surface area contributed by atoms with Crippen molar-refractivity contribution in [2.75, 3.05) is 6.54 Å². The summed E-state index contributed by atoms with van der Waals surface area (Å²) >= 11 is 0. The quantitative estimate of drug-likeness (QED) is 0.911. The van der Waals surface area contributed by atoms with Crippen molar-refractivity contribution in [3.63, 3.8) is 0 Å². The first kappa shape index (κ1) is 14.6. The molecule has 1 N–H and O–H groups in total. The summed E-state index contributed by atoms with van der Waals surface area (Å²) in [4.78, 5) is 13.1. The van der Waals surface area contributed by atoms with Gasteiger partial charge in [-0.3, -0.25) is 9.58 Å².